The third kappa shape index (κ3) is 1.33. The van der Waals surface area contributed by atoms with Crippen molar-refractivity contribution < 1.29 is 0 Å². The molecule has 1 saturated heterocycles. The van der Waals surface area contributed by atoms with Crippen LogP contribution in [0.2, 0.25) is 0 Å². The molecule has 3 rings (SSSR count). The van der Waals surface area contributed by atoms with Gasteiger partial charge in [-0.2, -0.15) is 0 Å². The van der Waals surface area contributed by atoms with Crippen molar-refractivity contribution in [3.8, 4) is 0 Å². The first-order valence-electron chi connectivity index (χ1n) is 5.77. The summed E-state index contributed by atoms with van der Waals surface area (Å²) in [5.41, 5.74) is 2.17. The van der Waals surface area contributed by atoms with Crippen molar-refractivity contribution in [3.63, 3.8) is 0 Å². The minimum Gasteiger partial charge on any atom is -0.330 e. The van der Waals surface area contributed by atoms with Gasteiger partial charge in [-0.1, -0.05) is 0 Å². The van der Waals surface area contributed by atoms with E-state index in [1.807, 2.05) is 12.3 Å². The summed E-state index contributed by atoms with van der Waals surface area (Å²) in [5.74, 6) is 1.71. The molecule has 84 valence electrons. The van der Waals surface area contributed by atoms with Gasteiger partial charge in [0.2, 0.25) is 0 Å². The Kier molecular flexibility index (Phi) is 2.17. The van der Waals surface area contributed by atoms with Gasteiger partial charge in [0.1, 0.15) is 5.82 Å². The first-order valence-corrected chi connectivity index (χ1v) is 5.77. The highest BCUT2D eigenvalue weighted by atomic mass is 15.1. The Balaban J connectivity index is 2.13. The number of nitrogens with zero attached hydrogens (tertiary/aromatic N) is 3. The van der Waals surface area contributed by atoms with E-state index in [-0.39, 0.29) is 0 Å². The van der Waals surface area contributed by atoms with Gasteiger partial charge in [0.25, 0.3) is 0 Å². The van der Waals surface area contributed by atoms with Gasteiger partial charge in [-0.25, -0.2) is 4.98 Å². The maximum absolute atomic E-state index is 4.73. The lowest BCUT2D eigenvalue weighted by atomic mass is 10.0. The fraction of sp³-hybridized carbons (Fsp3) is 0.500. The predicted octanol–water partition coefficient (Wildman–Crippen LogP) is 1.43. The Labute approximate surface area is 94.7 Å². The third-order valence-corrected chi connectivity index (χ3v) is 3.57. The second-order valence-corrected chi connectivity index (χ2v) is 4.53. The molecule has 0 aliphatic carbocycles. The van der Waals surface area contributed by atoms with E-state index in [4.69, 9.17) is 4.98 Å². The summed E-state index contributed by atoms with van der Waals surface area (Å²) in [4.78, 5) is 8.88. The van der Waals surface area contributed by atoms with Crippen molar-refractivity contribution in [2.75, 3.05) is 6.54 Å². The lowest BCUT2D eigenvalue weighted by molar-refractivity contribution is 0.554. The van der Waals surface area contributed by atoms with Crippen molar-refractivity contribution >= 4 is 11.0 Å². The van der Waals surface area contributed by atoms with Gasteiger partial charge in [-0.05, 0) is 26.0 Å². The van der Waals surface area contributed by atoms with Crippen LogP contribution in [0.4, 0.5) is 0 Å². The Morgan fingerprint density at radius 1 is 1.50 bits per heavy atom. The largest absolute Gasteiger partial charge is 0.330 e. The summed E-state index contributed by atoms with van der Waals surface area (Å²) in [6, 6.07) is 2.50. The van der Waals surface area contributed by atoms with Crippen molar-refractivity contribution in [2.24, 2.45) is 7.05 Å². The number of fused-ring (bicyclic) bond motifs is 1. The first kappa shape index (κ1) is 9.78. The van der Waals surface area contributed by atoms with E-state index in [1.54, 1.807) is 6.20 Å². The zero-order valence-electron chi connectivity index (χ0n) is 9.64. The van der Waals surface area contributed by atoms with Crippen molar-refractivity contribution in [2.45, 2.75) is 25.3 Å². The normalized spacial score (nSPS) is 25.4. The summed E-state index contributed by atoms with van der Waals surface area (Å²) in [6.07, 6.45) is 4.86. The molecule has 2 aromatic heterocycles. The van der Waals surface area contributed by atoms with E-state index in [2.05, 4.69) is 28.8 Å². The van der Waals surface area contributed by atoms with Gasteiger partial charge in [0, 0.05) is 25.2 Å². The second kappa shape index (κ2) is 3.56. The maximum atomic E-state index is 4.73. The van der Waals surface area contributed by atoms with E-state index in [9.17, 15) is 0 Å². The van der Waals surface area contributed by atoms with Crippen LogP contribution < -0.4 is 5.32 Å². The molecular weight excluding hydrogens is 200 g/mol. The highest BCUT2D eigenvalue weighted by molar-refractivity contribution is 5.74. The van der Waals surface area contributed by atoms with Gasteiger partial charge in [0.05, 0.1) is 17.2 Å². The summed E-state index contributed by atoms with van der Waals surface area (Å²) >= 11 is 0. The van der Waals surface area contributed by atoms with E-state index >= 15 is 0 Å². The third-order valence-electron chi connectivity index (χ3n) is 3.57. The van der Waals surface area contributed by atoms with E-state index in [0.29, 0.717) is 12.0 Å². The molecule has 2 atom stereocenters. The Bertz CT molecular complexity index is 517. The van der Waals surface area contributed by atoms with Crippen LogP contribution in [-0.2, 0) is 7.05 Å². The van der Waals surface area contributed by atoms with Crippen LogP contribution in [0.3, 0.4) is 0 Å². The Morgan fingerprint density at radius 3 is 3.06 bits per heavy atom. The van der Waals surface area contributed by atoms with E-state index in [1.165, 1.54) is 12.2 Å². The van der Waals surface area contributed by atoms with E-state index in [0.717, 1.165) is 17.6 Å². The molecule has 0 radical (unpaired) electrons. The monoisotopic (exact) mass is 216 g/mol. The van der Waals surface area contributed by atoms with Crippen LogP contribution in [0.25, 0.3) is 11.0 Å². The molecule has 1 aliphatic heterocycles. The molecule has 4 heteroatoms. The Hall–Kier alpha value is -1.42. The average Bonchev–Trinajstić information content (AvgIpc) is 2.84. The second-order valence-electron chi connectivity index (χ2n) is 4.53. The fourth-order valence-corrected chi connectivity index (χ4v) is 2.60. The van der Waals surface area contributed by atoms with Gasteiger partial charge < -0.3 is 9.88 Å². The molecule has 1 N–H and O–H groups in total. The SMILES string of the molecule is CC1NCCC1c1nc2ccncc2n1C. The van der Waals surface area contributed by atoms with Crippen LogP contribution >= 0.6 is 0 Å². The molecule has 3 heterocycles. The van der Waals surface area contributed by atoms with Crippen molar-refractivity contribution in [3.05, 3.63) is 24.3 Å². The molecule has 2 unspecified atom stereocenters. The molecule has 4 nitrogen and oxygen atoms in total. The van der Waals surface area contributed by atoms with Crippen LogP contribution in [0, 0.1) is 0 Å². The van der Waals surface area contributed by atoms with Crippen molar-refractivity contribution in [1.82, 2.24) is 19.9 Å². The molecule has 0 aromatic carbocycles. The number of pyridine rings is 1. The van der Waals surface area contributed by atoms with Crippen molar-refractivity contribution in [1.29, 1.82) is 0 Å². The van der Waals surface area contributed by atoms with Gasteiger partial charge in [0.15, 0.2) is 0 Å². The zero-order chi connectivity index (χ0) is 11.1. The summed E-state index contributed by atoms with van der Waals surface area (Å²) in [7, 11) is 2.08. The summed E-state index contributed by atoms with van der Waals surface area (Å²) in [6.45, 7) is 3.32. The highest BCUT2D eigenvalue weighted by Crippen LogP contribution is 2.28. The number of aromatic nitrogens is 3. The molecule has 0 bridgehead atoms. The standard InChI is InChI=1S/C12H16N4/c1-8-9(3-6-14-8)12-15-10-4-5-13-7-11(10)16(12)2/h4-5,7-9,14H,3,6H2,1-2H3. The molecule has 0 spiro atoms. The highest BCUT2D eigenvalue weighted by Gasteiger charge is 2.28. The quantitative estimate of drug-likeness (QED) is 0.784. The molecular formula is C12H16N4. The Morgan fingerprint density at radius 2 is 2.38 bits per heavy atom. The lowest BCUT2D eigenvalue weighted by Crippen LogP contribution is -2.23. The number of rotatable bonds is 1. The van der Waals surface area contributed by atoms with Gasteiger partial charge in [-0.3, -0.25) is 4.98 Å². The van der Waals surface area contributed by atoms with Crippen LogP contribution in [0.15, 0.2) is 18.5 Å². The zero-order valence-corrected chi connectivity index (χ0v) is 9.64. The number of hydrogen-bond donors (Lipinski definition) is 1. The molecule has 1 aliphatic rings. The minimum atomic E-state index is 0.517. The molecule has 1 fully saturated rings. The number of hydrogen-bond acceptors (Lipinski definition) is 3. The first-order chi connectivity index (χ1) is 7.77. The van der Waals surface area contributed by atoms with E-state index < -0.39 is 0 Å². The smallest absolute Gasteiger partial charge is 0.114 e. The summed E-state index contributed by atoms with van der Waals surface area (Å²) < 4.78 is 2.18. The van der Waals surface area contributed by atoms with Gasteiger partial charge in [-0.15, -0.1) is 0 Å². The van der Waals surface area contributed by atoms with Gasteiger partial charge >= 0.3 is 0 Å². The topological polar surface area (TPSA) is 42.7 Å². The molecule has 0 amide bonds. The molecule has 0 saturated carbocycles. The fourth-order valence-electron chi connectivity index (χ4n) is 2.60. The van der Waals surface area contributed by atoms with Crippen LogP contribution in [-0.4, -0.2) is 27.1 Å². The van der Waals surface area contributed by atoms with Crippen LogP contribution in [0.5, 0.6) is 0 Å². The summed E-state index contributed by atoms with van der Waals surface area (Å²) in [5, 5.41) is 3.47. The average molecular weight is 216 g/mol. The molecule has 16 heavy (non-hydrogen) atoms. The number of imidazole rings is 1. The minimum absolute atomic E-state index is 0.517. The number of nitrogens with one attached hydrogen (secondary N) is 1. The van der Waals surface area contributed by atoms with Crippen LogP contribution in [0.1, 0.15) is 25.1 Å². The number of aryl methyl sites for hydroxylation is 1. The lowest BCUT2D eigenvalue weighted by Gasteiger charge is -2.14. The molecule has 2 aromatic rings. The predicted molar refractivity (Wildman–Crippen MR) is 63.3 cm³/mol. The maximum Gasteiger partial charge on any atom is 0.114 e.